The van der Waals surface area contributed by atoms with Gasteiger partial charge in [0.05, 0.1) is 0 Å². The Morgan fingerprint density at radius 2 is 1.71 bits per heavy atom. The predicted molar refractivity (Wildman–Crippen MR) is 132 cm³/mol. The highest BCUT2D eigenvalue weighted by molar-refractivity contribution is 5.79. The molecule has 0 aromatic carbocycles. The van der Waals surface area contributed by atoms with E-state index in [9.17, 15) is 4.79 Å². The van der Waals surface area contributed by atoms with Crippen LogP contribution in [0.2, 0.25) is 0 Å². The zero-order valence-corrected chi connectivity index (χ0v) is 21.7. The van der Waals surface area contributed by atoms with E-state index in [0.29, 0.717) is 22.5 Å². The molecule has 5 unspecified atom stereocenters. The van der Waals surface area contributed by atoms with Crippen LogP contribution in [0.5, 0.6) is 0 Å². The highest BCUT2D eigenvalue weighted by Gasteiger charge is 2.62. The van der Waals surface area contributed by atoms with E-state index in [0.717, 1.165) is 54.3 Å². The highest BCUT2D eigenvalue weighted by Crippen LogP contribution is 2.69. The Bertz CT molecular complexity index is 636. The molecule has 0 bridgehead atoms. The van der Waals surface area contributed by atoms with E-state index in [1.807, 2.05) is 0 Å². The van der Waals surface area contributed by atoms with Crippen molar-refractivity contribution in [2.75, 3.05) is 0 Å². The zero-order valence-electron chi connectivity index (χ0n) is 21.7. The van der Waals surface area contributed by atoms with Crippen LogP contribution in [-0.4, -0.2) is 5.78 Å². The first-order chi connectivity index (χ1) is 14.7. The Labute approximate surface area is 193 Å². The molecule has 1 heteroatoms. The van der Waals surface area contributed by atoms with Crippen molar-refractivity contribution < 1.29 is 4.79 Å². The monoisotopic (exact) mass is 428 g/mol. The molecule has 0 saturated heterocycles. The van der Waals surface area contributed by atoms with Gasteiger partial charge in [-0.1, -0.05) is 73.6 Å². The summed E-state index contributed by atoms with van der Waals surface area (Å²) in [6, 6.07) is 0. The number of Topliss-reactive ketones (excluding diaryl/α,β-unsaturated/α-hetero) is 1. The van der Waals surface area contributed by atoms with E-state index >= 15 is 0 Å². The van der Waals surface area contributed by atoms with Gasteiger partial charge >= 0.3 is 0 Å². The summed E-state index contributed by atoms with van der Waals surface area (Å²) in [5.41, 5.74) is 1.03. The number of hydrogen-bond acceptors (Lipinski definition) is 1. The lowest BCUT2D eigenvalue weighted by Crippen LogP contribution is -2.56. The Kier molecular flexibility index (Phi) is 7.02. The number of carbonyl (C=O) groups is 1. The highest BCUT2D eigenvalue weighted by atomic mass is 16.1. The van der Waals surface area contributed by atoms with Crippen molar-refractivity contribution >= 4 is 5.78 Å². The average molecular weight is 429 g/mol. The quantitative estimate of drug-likeness (QED) is 0.396. The standard InChI is InChI=1S/C30H52O/c1-7-9-22-18-23-19-24(31)14-16-29(23,5)27-15-17-30(6)25(12-13-26(30)28(22)27)21(4)11-8-10-20(2)3/h20-23,25-28H,7-19H2,1-6H3/t21?,22-,23-,25?,26?,27?,28?,29-,30+/m0/s1. The van der Waals surface area contributed by atoms with Gasteiger partial charge in [-0.25, -0.2) is 0 Å². The molecule has 0 heterocycles. The Morgan fingerprint density at radius 1 is 0.968 bits per heavy atom. The lowest BCUT2D eigenvalue weighted by Gasteiger charge is -2.63. The molecule has 9 atom stereocenters. The summed E-state index contributed by atoms with van der Waals surface area (Å²) >= 11 is 0. The van der Waals surface area contributed by atoms with E-state index in [1.165, 1.54) is 70.6 Å². The lowest BCUT2D eigenvalue weighted by molar-refractivity contribution is -0.153. The topological polar surface area (TPSA) is 17.1 Å². The lowest BCUT2D eigenvalue weighted by atomic mass is 9.42. The maximum atomic E-state index is 12.4. The summed E-state index contributed by atoms with van der Waals surface area (Å²) in [5.74, 6) is 7.62. The van der Waals surface area contributed by atoms with Gasteiger partial charge in [0, 0.05) is 12.8 Å². The van der Waals surface area contributed by atoms with Crippen LogP contribution in [0.3, 0.4) is 0 Å². The summed E-state index contributed by atoms with van der Waals surface area (Å²) in [5, 5.41) is 0. The first-order valence-electron chi connectivity index (χ1n) is 14.2. The fourth-order valence-corrected chi connectivity index (χ4v) is 9.91. The summed E-state index contributed by atoms with van der Waals surface area (Å²) < 4.78 is 0. The molecule has 0 aliphatic heterocycles. The van der Waals surface area contributed by atoms with Crippen molar-refractivity contribution in [3.8, 4) is 0 Å². The third-order valence-corrected chi connectivity index (χ3v) is 11.5. The minimum atomic E-state index is 0.450. The third-order valence-electron chi connectivity index (χ3n) is 11.5. The molecule has 0 amide bonds. The van der Waals surface area contributed by atoms with Crippen LogP contribution >= 0.6 is 0 Å². The maximum absolute atomic E-state index is 12.4. The molecule has 4 aliphatic carbocycles. The van der Waals surface area contributed by atoms with Crippen LogP contribution in [0, 0.1) is 58.2 Å². The number of fused-ring (bicyclic) bond motifs is 5. The number of carbonyl (C=O) groups excluding carboxylic acids is 1. The molecule has 1 nitrogen and oxygen atoms in total. The van der Waals surface area contributed by atoms with Gasteiger partial charge in [0.2, 0.25) is 0 Å². The minimum absolute atomic E-state index is 0.450. The van der Waals surface area contributed by atoms with Gasteiger partial charge in [-0.3, -0.25) is 4.79 Å². The van der Waals surface area contributed by atoms with E-state index in [-0.39, 0.29) is 0 Å². The molecule has 0 aromatic rings. The normalized spacial score (nSPS) is 45.8. The van der Waals surface area contributed by atoms with Crippen LogP contribution in [0.15, 0.2) is 0 Å². The SMILES string of the molecule is CCC[C@H]1C[C@H]2CC(=O)CC[C@]2(C)C2CC[C@]3(C)C(C(C)CCCC(C)C)CCC3C21. The van der Waals surface area contributed by atoms with Crippen LogP contribution in [-0.2, 0) is 4.79 Å². The van der Waals surface area contributed by atoms with E-state index in [4.69, 9.17) is 0 Å². The molecule has 4 saturated carbocycles. The smallest absolute Gasteiger partial charge is 0.133 e. The van der Waals surface area contributed by atoms with Gasteiger partial charge in [-0.05, 0) is 96.7 Å². The van der Waals surface area contributed by atoms with E-state index in [1.54, 1.807) is 0 Å². The Morgan fingerprint density at radius 3 is 2.42 bits per heavy atom. The number of hydrogen-bond donors (Lipinski definition) is 0. The number of ketones is 1. The second kappa shape index (κ2) is 9.13. The van der Waals surface area contributed by atoms with Gasteiger partial charge in [-0.15, -0.1) is 0 Å². The number of rotatable bonds is 7. The molecule has 0 spiro atoms. The van der Waals surface area contributed by atoms with Gasteiger partial charge < -0.3 is 0 Å². The van der Waals surface area contributed by atoms with E-state index in [2.05, 4.69) is 41.5 Å². The molecule has 4 fully saturated rings. The second-order valence-corrected chi connectivity index (χ2v) is 13.6. The van der Waals surface area contributed by atoms with Crippen molar-refractivity contribution in [1.29, 1.82) is 0 Å². The van der Waals surface area contributed by atoms with Crippen molar-refractivity contribution in [3.63, 3.8) is 0 Å². The third kappa shape index (κ3) is 4.19. The molecular formula is C30H52O. The fourth-order valence-electron chi connectivity index (χ4n) is 9.91. The first kappa shape index (κ1) is 23.8. The van der Waals surface area contributed by atoms with Gasteiger partial charge in [0.15, 0.2) is 0 Å². The molecule has 0 aromatic heterocycles. The predicted octanol–water partition coefficient (Wildman–Crippen LogP) is 8.70. The summed E-state index contributed by atoms with van der Waals surface area (Å²) in [4.78, 5) is 12.4. The minimum Gasteiger partial charge on any atom is -0.300 e. The van der Waals surface area contributed by atoms with Crippen LogP contribution in [0.25, 0.3) is 0 Å². The fraction of sp³-hybridized carbons (Fsp3) is 0.967. The van der Waals surface area contributed by atoms with Crippen molar-refractivity contribution in [1.82, 2.24) is 0 Å². The Hall–Kier alpha value is -0.330. The molecule has 31 heavy (non-hydrogen) atoms. The summed E-state index contributed by atoms with van der Waals surface area (Å²) in [7, 11) is 0. The zero-order chi connectivity index (χ0) is 22.4. The Balaban J connectivity index is 1.55. The molecule has 0 N–H and O–H groups in total. The van der Waals surface area contributed by atoms with Crippen LogP contribution in [0.4, 0.5) is 0 Å². The van der Waals surface area contributed by atoms with Gasteiger partial charge in [0.25, 0.3) is 0 Å². The van der Waals surface area contributed by atoms with Gasteiger partial charge in [-0.2, -0.15) is 0 Å². The van der Waals surface area contributed by atoms with Crippen molar-refractivity contribution in [2.45, 2.75) is 125 Å². The van der Waals surface area contributed by atoms with E-state index < -0.39 is 0 Å². The maximum Gasteiger partial charge on any atom is 0.133 e. The van der Waals surface area contributed by atoms with Crippen LogP contribution in [0.1, 0.15) is 125 Å². The summed E-state index contributed by atoms with van der Waals surface area (Å²) in [6.45, 7) is 15.1. The average Bonchev–Trinajstić information content (AvgIpc) is 3.06. The van der Waals surface area contributed by atoms with Gasteiger partial charge in [0.1, 0.15) is 5.78 Å². The molecule has 4 rings (SSSR count). The molecule has 4 aliphatic rings. The van der Waals surface area contributed by atoms with Crippen molar-refractivity contribution in [2.24, 2.45) is 58.2 Å². The molecule has 178 valence electrons. The first-order valence-corrected chi connectivity index (χ1v) is 14.2. The molecule has 0 radical (unpaired) electrons. The van der Waals surface area contributed by atoms with Crippen LogP contribution < -0.4 is 0 Å². The summed E-state index contributed by atoms with van der Waals surface area (Å²) in [6.07, 6.45) is 17.2. The largest absolute Gasteiger partial charge is 0.300 e. The second-order valence-electron chi connectivity index (χ2n) is 13.6. The van der Waals surface area contributed by atoms with Crippen molar-refractivity contribution in [3.05, 3.63) is 0 Å². The molecular weight excluding hydrogens is 376 g/mol.